The molecule has 1 amide bonds. The molecule has 2 aromatic heterocycles. The van der Waals surface area contributed by atoms with Gasteiger partial charge in [0, 0.05) is 54.5 Å². The van der Waals surface area contributed by atoms with Gasteiger partial charge in [-0.25, -0.2) is 4.98 Å². The average molecular weight is 440 g/mol. The molecule has 0 radical (unpaired) electrons. The molecule has 1 saturated heterocycles. The van der Waals surface area contributed by atoms with Crippen LogP contribution in [0.25, 0.3) is 11.0 Å². The fraction of sp³-hybridized carbons (Fsp3) is 0.520. The van der Waals surface area contributed by atoms with E-state index in [1.807, 2.05) is 17.9 Å². The Bertz CT molecular complexity index is 1110. The first kappa shape index (κ1) is 22.0. The minimum atomic E-state index is 0.00883. The van der Waals surface area contributed by atoms with Crippen molar-refractivity contribution in [2.75, 3.05) is 26.2 Å². The lowest BCUT2D eigenvalue weighted by atomic mass is 9.98. The Morgan fingerprint density at radius 1 is 1.10 bits per heavy atom. The number of hydrogen-bond donors (Lipinski definition) is 0. The van der Waals surface area contributed by atoms with Crippen molar-refractivity contribution >= 4 is 28.2 Å². The number of aryl methyl sites for hydroxylation is 3. The molecule has 1 aliphatic heterocycles. The zero-order chi connectivity index (χ0) is 22.3. The lowest BCUT2D eigenvalue weighted by Gasteiger charge is -2.21. The lowest BCUT2D eigenvalue weighted by molar-refractivity contribution is 0.0730. The van der Waals surface area contributed by atoms with Gasteiger partial charge in [-0.1, -0.05) is 20.8 Å². The molecule has 3 aromatic rings. The highest BCUT2D eigenvalue weighted by molar-refractivity contribution is 7.09. The van der Waals surface area contributed by atoms with E-state index in [-0.39, 0.29) is 11.3 Å². The van der Waals surface area contributed by atoms with E-state index < -0.39 is 0 Å². The Morgan fingerprint density at radius 2 is 1.84 bits per heavy atom. The predicted molar refractivity (Wildman–Crippen MR) is 127 cm³/mol. The maximum Gasteiger partial charge on any atom is 0.289 e. The summed E-state index contributed by atoms with van der Waals surface area (Å²) in [7, 11) is 0. The number of carbonyl (C=O) groups excluding carboxylic acids is 1. The van der Waals surface area contributed by atoms with Gasteiger partial charge in [-0.15, -0.1) is 11.3 Å². The van der Waals surface area contributed by atoms with Crippen LogP contribution in [0.5, 0.6) is 0 Å². The van der Waals surface area contributed by atoms with Gasteiger partial charge in [0.15, 0.2) is 5.76 Å². The van der Waals surface area contributed by atoms with E-state index in [9.17, 15) is 4.79 Å². The summed E-state index contributed by atoms with van der Waals surface area (Å²) < 4.78 is 6.03. The van der Waals surface area contributed by atoms with Crippen molar-refractivity contribution in [3.63, 3.8) is 0 Å². The van der Waals surface area contributed by atoms with E-state index in [0.717, 1.165) is 54.8 Å². The molecular formula is C25H33N3O2S. The predicted octanol–water partition coefficient (Wildman–Crippen LogP) is 5.46. The second-order valence-electron chi connectivity index (χ2n) is 9.80. The average Bonchev–Trinajstić information content (AvgIpc) is 3.21. The van der Waals surface area contributed by atoms with Crippen LogP contribution in [0.2, 0.25) is 0 Å². The summed E-state index contributed by atoms with van der Waals surface area (Å²) in [5.74, 6) is 0.498. The summed E-state index contributed by atoms with van der Waals surface area (Å²) in [5.41, 5.74) is 5.38. The van der Waals surface area contributed by atoms with Crippen molar-refractivity contribution in [3.8, 4) is 0 Å². The zero-order valence-electron chi connectivity index (χ0n) is 19.5. The number of aromatic nitrogens is 1. The Balaban J connectivity index is 1.45. The molecule has 31 heavy (non-hydrogen) atoms. The monoisotopic (exact) mass is 439 g/mol. The van der Waals surface area contributed by atoms with Gasteiger partial charge in [0.25, 0.3) is 5.91 Å². The van der Waals surface area contributed by atoms with Gasteiger partial charge in [0.2, 0.25) is 0 Å². The number of hydrogen-bond acceptors (Lipinski definition) is 5. The first-order valence-electron chi connectivity index (χ1n) is 11.1. The molecule has 166 valence electrons. The summed E-state index contributed by atoms with van der Waals surface area (Å²) in [6.07, 6.45) is 0.958. The summed E-state index contributed by atoms with van der Waals surface area (Å²) in [6.45, 7) is 16.9. The molecule has 0 saturated carbocycles. The molecule has 0 unspecified atom stereocenters. The maximum absolute atomic E-state index is 13.3. The molecule has 0 aliphatic carbocycles. The molecule has 1 aromatic carbocycles. The highest BCUT2D eigenvalue weighted by Crippen LogP contribution is 2.29. The van der Waals surface area contributed by atoms with E-state index in [2.05, 4.69) is 51.0 Å². The maximum atomic E-state index is 13.3. The molecule has 5 nitrogen and oxygen atoms in total. The molecule has 0 bridgehead atoms. The van der Waals surface area contributed by atoms with Gasteiger partial charge in [0.05, 0.1) is 10.7 Å². The molecule has 0 N–H and O–H groups in total. The van der Waals surface area contributed by atoms with Crippen LogP contribution in [0.15, 0.2) is 21.9 Å². The van der Waals surface area contributed by atoms with Gasteiger partial charge >= 0.3 is 0 Å². The van der Waals surface area contributed by atoms with Gasteiger partial charge < -0.3 is 9.32 Å². The number of thiazole rings is 1. The largest absolute Gasteiger partial charge is 0.451 e. The van der Waals surface area contributed by atoms with E-state index in [1.54, 1.807) is 11.3 Å². The fourth-order valence-corrected chi connectivity index (χ4v) is 5.01. The van der Waals surface area contributed by atoms with Crippen LogP contribution in [0.3, 0.4) is 0 Å². The molecule has 3 heterocycles. The third-order valence-corrected chi connectivity index (χ3v) is 7.52. The summed E-state index contributed by atoms with van der Waals surface area (Å²) in [6, 6.07) is 4.17. The van der Waals surface area contributed by atoms with Crippen molar-refractivity contribution in [2.45, 2.75) is 59.9 Å². The van der Waals surface area contributed by atoms with Crippen LogP contribution in [0.4, 0.5) is 0 Å². The van der Waals surface area contributed by atoms with Crippen molar-refractivity contribution < 1.29 is 9.21 Å². The van der Waals surface area contributed by atoms with Crippen molar-refractivity contribution in [2.24, 2.45) is 0 Å². The number of amides is 1. The number of benzene rings is 1. The molecule has 0 atom stereocenters. The van der Waals surface area contributed by atoms with Gasteiger partial charge in [0.1, 0.15) is 5.58 Å². The Hall–Kier alpha value is -2.18. The SMILES string of the molecule is Cc1cc2oc(C(=O)N3CCCN(Cc4csc(C(C)(C)C)n4)CC3)c(C)c2cc1C. The standard InChI is InChI=1S/C25H33N3O2S/c1-16-12-20-18(3)22(30-21(20)13-17(16)2)23(29)28-9-7-8-27(10-11-28)14-19-15-31-24(26-19)25(4,5)6/h12-13,15H,7-11,14H2,1-6H3. The molecular weight excluding hydrogens is 406 g/mol. The second kappa shape index (κ2) is 8.40. The summed E-state index contributed by atoms with van der Waals surface area (Å²) in [5, 5.41) is 4.40. The van der Waals surface area contributed by atoms with E-state index in [0.29, 0.717) is 12.3 Å². The summed E-state index contributed by atoms with van der Waals surface area (Å²) >= 11 is 1.74. The third kappa shape index (κ3) is 4.55. The van der Waals surface area contributed by atoms with Gasteiger partial charge in [-0.3, -0.25) is 9.69 Å². The lowest BCUT2D eigenvalue weighted by Crippen LogP contribution is -2.35. The zero-order valence-corrected chi connectivity index (χ0v) is 20.4. The first-order chi connectivity index (χ1) is 14.6. The van der Waals surface area contributed by atoms with Crippen LogP contribution >= 0.6 is 11.3 Å². The van der Waals surface area contributed by atoms with Crippen LogP contribution in [0, 0.1) is 20.8 Å². The van der Waals surface area contributed by atoms with Crippen LogP contribution in [-0.2, 0) is 12.0 Å². The van der Waals surface area contributed by atoms with Gasteiger partial charge in [-0.2, -0.15) is 0 Å². The van der Waals surface area contributed by atoms with Crippen LogP contribution < -0.4 is 0 Å². The number of fused-ring (bicyclic) bond motifs is 1. The normalized spacial score (nSPS) is 16.1. The second-order valence-corrected chi connectivity index (χ2v) is 10.7. The Morgan fingerprint density at radius 3 is 2.55 bits per heavy atom. The van der Waals surface area contributed by atoms with E-state index in [4.69, 9.17) is 9.40 Å². The van der Waals surface area contributed by atoms with E-state index in [1.165, 1.54) is 16.1 Å². The van der Waals surface area contributed by atoms with Crippen LogP contribution in [0.1, 0.15) is 65.1 Å². The Labute approximate surface area is 189 Å². The minimum absolute atomic E-state index is 0.00883. The highest BCUT2D eigenvalue weighted by atomic mass is 32.1. The molecule has 1 aliphatic rings. The highest BCUT2D eigenvalue weighted by Gasteiger charge is 2.26. The molecule has 4 rings (SSSR count). The topological polar surface area (TPSA) is 49.6 Å². The first-order valence-corrected chi connectivity index (χ1v) is 12.0. The van der Waals surface area contributed by atoms with E-state index >= 15 is 0 Å². The quantitative estimate of drug-likeness (QED) is 0.544. The number of rotatable bonds is 3. The van der Waals surface area contributed by atoms with Crippen LogP contribution in [-0.4, -0.2) is 46.9 Å². The van der Waals surface area contributed by atoms with Crippen molar-refractivity contribution in [3.05, 3.63) is 50.7 Å². The van der Waals surface area contributed by atoms with Crippen molar-refractivity contribution in [1.82, 2.24) is 14.8 Å². The number of furan rings is 1. The smallest absolute Gasteiger partial charge is 0.289 e. The fourth-order valence-electron chi connectivity index (χ4n) is 4.11. The van der Waals surface area contributed by atoms with Crippen molar-refractivity contribution in [1.29, 1.82) is 0 Å². The Kier molecular flexibility index (Phi) is 5.97. The number of nitrogens with zero attached hydrogens (tertiary/aromatic N) is 3. The number of carbonyl (C=O) groups is 1. The summed E-state index contributed by atoms with van der Waals surface area (Å²) in [4.78, 5) is 22.5. The third-order valence-electron chi connectivity index (χ3n) is 6.20. The minimum Gasteiger partial charge on any atom is -0.451 e. The van der Waals surface area contributed by atoms with Gasteiger partial charge in [-0.05, 0) is 50.5 Å². The molecule has 6 heteroatoms. The molecule has 1 fully saturated rings. The molecule has 0 spiro atoms.